The summed E-state index contributed by atoms with van der Waals surface area (Å²) < 4.78 is 11.8. The molecular weight excluding hydrogens is 551 g/mol. The first-order chi connectivity index (χ1) is 19.0. The van der Waals surface area contributed by atoms with E-state index in [1.807, 2.05) is 85.8 Å². The van der Waals surface area contributed by atoms with Crippen LogP contribution in [0.4, 0.5) is 5.69 Å². The molecule has 1 amide bonds. The number of fused-ring (bicyclic) bond motifs is 1. The molecule has 1 fully saturated rings. The third kappa shape index (κ3) is 6.48. The molecule has 0 atom stereocenters. The molecule has 0 radical (unpaired) electrons. The van der Waals surface area contributed by atoms with Crippen LogP contribution in [-0.2, 0) is 16.1 Å². The van der Waals surface area contributed by atoms with Crippen molar-refractivity contribution < 1.29 is 14.3 Å². The van der Waals surface area contributed by atoms with Crippen molar-refractivity contribution in [3.63, 3.8) is 0 Å². The number of hydrogen-bond donors (Lipinski definition) is 0. The second-order valence-corrected chi connectivity index (χ2v) is 10.6. The van der Waals surface area contributed by atoms with Crippen LogP contribution in [0.25, 0.3) is 16.8 Å². The van der Waals surface area contributed by atoms with Gasteiger partial charge in [0.05, 0.1) is 23.7 Å². The van der Waals surface area contributed by atoms with Crippen molar-refractivity contribution in [2.75, 3.05) is 19.8 Å². The summed E-state index contributed by atoms with van der Waals surface area (Å²) >= 11 is 13.8. The summed E-state index contributed by atoms with van der Waals surface area (Å²) in [5, 5.41) is 3.75. The average molecular weight is 578 g/mol. The van der Waals surface area contributed by atoms with Gasteiger partial charge in [0.1, 0.15) is 12.4 Å². The van der Waals surface area contributed by atoms with E-state index in [9.17, 15) is 4.79 Å². The number of hydrogen-bond acceptors (Lipinski definition) is 5. The molecule has 8 heteroatoms. The van der Waals surface area contributed by atoms with Crippen LogP contribution in [0.2, 0.25) is 10.0 Å². The summed E-state index contributed by atoms with van der Waals surface area (Å²) in [6, 6.07) is 26.9. The summed E-state index contributed by atoms with van der Waals surface area (Å²) in [5.41, 5.74) is 2.42. The summed E-state index contributed by atoms with van der Waals surface area (Å²) in [7, 11) is 0. The van der Waals surface area contributed by atoms with E-state index >= 15 is 0 Å². The minimum absolute atomic E-state index is 0.117. The summed E-state index contributed by atoms with van der Waals surface area (Å²) in [5.74, 6) is 0.531. The number of halogens is 2. The van der Waals surface area contributed by atoms with Crippen molar-refractivity contribution in [1.82, 2.24) is 4.90 Å². The van der Waals surface area contributed by atoms with E-state index in [4.69, 9.17) is 37.7 Å². The first kappa shape index (κ1) is 27.3. The Labute approximate surface area is 242 Å². The number of amides is 1. The lowest BCUT2D eigenvalue weighted by molar-refractivity contribution is -0.122. The van der Waals surface area contributed by atoms with Gasteiger partial charge < -0.3 is 9.47 Å². The summed E-state index contributed by atoms with van der Waals surface area (Å²) in [6.45, 7) is 3.61. The Hall–Kier alpha value is -3.29. The molecule has 4 aromatic rings. The molecule has 1 saturated heterocycles. The van der Waals surface area contributed by atoms with Crippen LogP contribution >= 0.6 is 35.0 Å². The van der Waals surface area contributed by atoms with Gasteiger partial charge in [0.2, 0.25) is 0 Å². The SMILES string of the molecule is CCOCCN1C(=O)/C(=C/c2c(OCc3ccc(Cl)cc3Cl)ccc3ccccc23)SC1=Nc1ccccc1. The first-order valence-electron chi connectivity index (χ1n) is 12.5. The van der Waals surface area contributed by atoms with Crippen molar-refractivity contribution in [3.8, 4) is 5.75 Å². The number of carbonyl (C=O) groups is 1. The minimum Gasteiger partial charge on any atom is -0.488 e. The first-order valence-corrected chi connectivity index (χ1v) is 14.1. The predicted octanol–water partition coefficient (Wildman–Crippen LogP) is 8.37. The van der Waals surface area contributed by atoms with Gasteiger partial charge >= 0.3 is 0 Å². The molecule has 4 aromatic carbocycles. The number of ether oxygens (including phenoxy) is 2. The maximum atomic E-state index is 13.6. The highest BCUT2D eigenvalue weighted by atomic mass is 35.5. The Morgan fingerprint density at radius 2 is 1.77 bits per heavy atom. The molecular formula is C31H26Cl2N2O3S. The minimum atomic E-state index is -0.117. The Morgan fingerprint density at radius 1 is 0.974 bits per heavy atom. The van der Waals surface area contributed by atoms with E-state index in [1.165, 1.54) is 11.8 Å². The number of thioether (sulfide) groups is 1. The van der Waals surface area contributed by atoms with Gasteiger partial charge in [-0.2, -0.15) is 0 Å². The Morgan fingerprint density at radius 3 is 2.56 bits per heavy atom. The van der Waals surface area contributed by atoms with Crippen LogP contribution < -0.4 is 4.74 Å². The van der Waals surface area contributed by atoms with Gasteiger partial charge in [-0.1, -0.05) is 77.8 Å². The van der Waals surface area contributed by atoms with Gasteiger partial charge in [-0.15, -0.1) is 0 Å². The largest absolute Gasteiger partial charge is 0.488 e. The Kier molecular flexibility index (Phi) is 8.89. The van der Waals surface area contributed by atoms with Crippen LogP contribution in [-0.4, -0.2) is 35.7 Å². The number of rotatable bonds is 9. The molecule has 1 aliphatic heterocycles. The van der Waals surface area contributed by atoms with Crippen molar-refractivity contribution >= 4 is 68.6 Å². The quantitative estimate of drug-likeness (QED) is 0.148. The second kappa shape index (κ2) is 12.7. The number of aliphatic imine (C=N–C) groups is 1. The molecule has 0 saturated carbocycles. The molecule has 0 aromatic heterocycles. The molecule has 198 valence electrons. The number of nitrogens with zero attached hydrogens (tertiary/aromatic N) is 2. The van der Waals surface area contributed by atoms with Crippen molar-refractivity contribution in [3.05, 3.63) is 111 Å². The van der Waals surface area contributed by atoms with Crippen LogP contribution in [0.5, 0.6) is 5.75 Å². The van der Waals surface area contributed by atoms with E-state index in [0.29, 0.717) is 45.6 Å². The molecule has 0 aliphatic carbocycles. The lowest BCUT2D eigenvalue weighted by atomic mass is 10.0. The average Bonchev–Trinajstić information content (AvgIpc) is 3.23. The number of para-hydroxylation sites is 1. The van der Waals surface area contributed by atoms with Crippen molar-refractivity contribution in [1.29, 1.82) is 0 Å². The highest BCUT2D eigenvalue weighted by Crippen LogP contribution is 2.38. The van der Waals surface area contributed by atoms with E-state index in [0.717, 1.165) is 27.6 Å². The molecule has 39 heavy (non-hydrogen) atoms. The van der Waals surface area contributed by atoms with Crippen molar-refractivity contribution in [2.24, 2.45) is 4.99 Å². The van der Waals surface area contributed by atoms with Crippen LogP contribution in [0, 0.1) is 0 Å². The molecule has 1 aliphatic rings. The normalized spacial score (nSPS) is 15.6. The highest BCUT2D eigenvalue weighted by molar-refractivity contribution is 8.18. The number of carbonyl (C=O) groups excluding carboxylic acids is 1. The summed E-state index contributed by atoms with van der Waals surface area (Å²) in [6.07, 6.45) is 1.90. The van der Waals surface area contributed by atoms with Gasteiger partial charge in [0, 0.05) is 27.8 Å². The molecule has 0 spiro atoms. The highest BCUT2D eigenvalue weighted by Gasteiger charge is 2.33. The fourth-order valence-electron chi connectivity index (χ4n) is 4.18. The van der Waals surface area contributed by atoms with Gasteiger partial charge in [-0.3, -0.25) is 9.69 Å². The fourth-order valence-corrected chi connectivity index (χ4v) is 5.65. The molecule has 5 rings (SSSR count). The van der Waals surface area contributed by atoms with E-state index < -0.39 is 0 Å². The van der Waals surface area contributed by atoms with Crippen LogP contribution in [0.3, 0.4) is 0 Å². The maximum Gasteiger partial charge on any atom is 0.266 e. The van der Waals surface area contributed by atoms with Crippen molar-refractivity contribution in [2.45, 2.75) is 13.5 Å². The van der Waals surface area contributed by atoms with Gasteiger partial charge in [-0.25, -0.2) is 4.99 Å². The lowest BCUT2D eigenvalue weighted by Gasteiger charge is -2.15. The molecule has 0 bridgehead atoms. The monoisotopic (exact) mass is 576 g/mol. The molecule has 1 heterocycles. The molecule has 5 nitrogen and oxygen atoms in total. The smallest absolute Gasteiger partial charge is 0.266 e. The van der Waals surface area contributed by atoms with Gasteiger partial charge in [0.25, 0.3) is 5.91 Å². The lowest BCUT2D eigenvalue weighted by Crippen LogP contribution is -2.32. The number of amidine groups is 1. The van der Waals surface area contributed by atoms with Crippen LogP contribution in [0.15, 0.2) is 94.8 Å². The van der Waals surface area contributed by atoms with Crippen LogP contribution in [0.1, 0.15) is 18.1 Å². The standard InChI is InChI=1S/C31H26Cl2N2O3S/c1-2-37-17-16-35-30(36)29(39-31(35)34-24-9-4-3-5-10-24)19-26-25-11-7-6-8-21(25)13-15-28(26)38-20-22-12-14-23(32)18-27(22)33/h3-15,18-19H,2,16-17,20H2,1H3/b29-19-,34-31?. The zero-order valence-electron chi connectivity index (χ0n) is 21.3. The molecule has 0 N–H and O–H groups in total. The van der Waals surface area contributed by atoms with Gasteiger partial charge in [0.15, 0.2) is 5.17 Å². The molecule has 0 unspecified atom stereocenters. The fraction of sp³-hybridized carbons (Fsp3) is 0.161. The zero-order valence-corrected chi connectivity index (χ0v) is 23.6. The number of benzene rings is 4. The Balaban J connectivity index is 1.52. The van der Waals surface area contributed by atoms with E-state index in [2.05, 4.69) is 0 Å². The third-order valence-corrected chi connectivity index (χ3v) is 7.73. The predicted molar refractivity (Wildman–Crippen MR) is 162 cm³/mol. The second-order valence-electron chi connectivity index (χ2n) is 8.72. The maximum absolute atomic E-state index is 13.6. The topological polar surface area (TPSA) is 51.1 Å². The van der Waals surface area contributed by atoms with E-state index in [-0.39, 0.29) is 12.5 Å². The van der Waals surface area contributed by atoms with E-state index in [1.54, 1.807) is 17.0 Å². The van der Waals surface area contributed by atoms with Gasteiger partial charge in [-0.05, 0) is 65.9 Å². The summed E-state index contributed by atoms with van der Waals surface area (Å²) in [4.78, 5) is 20.6. The third-order valence-electron chi connectivity index (χ3n) is 6.14. The Bertz CT molecular complexity index is 1560. The zero-order chi connectivity index (χ0) is 27.2.